The highest BCUT2D eigenvalue weighted by atomic mass is 35.5. The second-order valence-corrected chi connectivity index (χ2v) is 8.20. The number of hydrogen-bond acceptors (Lipinski definition) is 4. The molecule has 0 aliphatic rings. The van der Waals surface area contributed by atoms with Gasteiger partial charge in [0.05, 0.1) is 27.7 Å². The van der Waals surface area contributed by atoms with Crippen LogP contribution in [0.2, 0.25) is 10.0 Å². The fraction of sp³-hybridized carbons (Fsp3) is 0.429. The maximum Gasteiger partial charge on any atom is 0.355 e. The van der Waals surface area contributed by atoms with Crippen molar-refractivity contribution in [2.75, 3.05) is 17.1 Å². The maximum atomic E-state index is 13.0. The van der Waals surface area contributed by atoms with Gasteiger partial charge in [-0.15, -0.1) is 5.10 Å². The third kappa shape index (κ3) is 3.86. The Balaban J connectivity index is 2.74. The van der Waals surface area contributed by atoms with Gasteiger partial charge in [-0.3, -0.25) is 4.31 Å². The SMILES string of the molecule is CCCN(c1cc(-n2nc(C)n(C(F)F)c2=O)c(Cl)cc1Cl)S(C)(=O)=O. The Morgan fingerprint density at radius 1 is 1.27 bits per heavy atom. The van der Waals surface area contributed by atoms with E-state index in [0.717, 1.165) is 10.6 Å². The first-order valence-corrected chi connectivity index (χ1v) is 10.0. The van der Waals surface area contributed by atoms with Gasteiger partial charge in [0.25, 0.3) is 0 Å². The van der Waals surface area contributed by atoms with Crippen LogP contribution in [0.25, 0.3) is 5.69 Å². The number of anilines is 1. The van der Waals surface area contributed by atoms with Gasteiger partial charge in [-0.1, -0.05) is 30.1 Å². The summed E-state index contributed by atoms with van der Waals surface area (Å²) in [5, 5.41) is 3.79. The van der Waals surface area contributed by atoms with E-state index in [-0.39, 0.29) is 38.4 Å². The molecule has 0 radical (unpaired) electrons. The van der Waals surface area contributed by atoms with Crippen LogP contribution >= 0.6 is 23.2 Å². The minimum absolute atomic E-state index is 0.0373. The van der Waals surface area contributed by atoms with Crippen LogP contribution in [0, 0.1) is 6.92 Å². The second-order valence-electron chi connectivity index (χ2n) is 5.48. The van der Waals surface area contributed by atoms with E-state index in [1.807, 2.05) is 0 Å². The van der Waals surface area contributed by atoms with E-state index < -0.39 is 22.3 Å². The molecule has 0 saturated heterocycles. The van der Waals surface area contributed by atoms with E-state index >= 15 is 0 Å². The molecule has 0 atom stereocenters. The van der Waals surface area contributed by atoms with Gasteiger partial charge < -0.3 is 0 Å². The van der Waals surface area contributed by atoms with Crippen molar-refractivity contribution in [3.63, 3.8) is 0 Å². The fourth-order valence-corrected chi connectivity index (χ4v) is 4.04. The highest BCUT2D eigenvalue weighted by Crippen LogP contribution is 2.34. The van der Waals surface area contributed by atoms with Crippen molar-refractivity contribution < 1.29 is 17.2 Å². The maximum absolute atomic E-state index is 13.0. The molecule has 2 aromatic rings. The molecule has 0 amide bonds. The van der Waals surface area contributed by atoms with Gasteiger partial charge in [0.15, 0.2) is 0 Å². The monoisotopic (exact) mass is 428 g/mol. The van der Waals surface area contributed by atoms with Crippen molar-refractivity contribution in [3.05, 3.63) is 38.5 Å². The largest absolute Gasteiger partial charge is 0.355 e. The number of sulfonamides is 1. The first-order chi connectivity index (χ1) is 12.0. The zero-order valence-corrected chi connectivity index (χ0v) is 16.4. The van der Waals surface area contributed by atoms with Gasteiger partial charge in [0.1, 0.15) is 5.82 Å². The van der Waals surface area contributed by atoms with E-state index in [0.29, 0.717) is 11.1 Å². The Morgan fingerprint density at radius 2 is 1.88 bits per heavy atom. The van der Waals surface area contributed by atoms with E-state index in [4.69, 9.17) is 23.2 Å². The lowest BCUT2D eigenvalue weighted by Gasteiger charge is -2.23. The number of hydrogen-bond donors (Lipinski definition) is 0. The van der Waals surface area contributed by atoms with Crippen LogP contribution in [0.5, 0.6) is 0 Å². The van der Waals surface area contributed by atoms with Gasteiger partial charge in [-0.05, 0) is 25.5 Å². The molecule has 7 nitrogen and oxygen atoms in total. The number of rotatable bonds is 6. The van der Waals surface area contributed by atoms with Crippen LogP contribution in [0.1, 0.15) is 25.7 Å². The summed E-state index contributed by atoms with van der Waals surface area (Å²) in [4.78, 5) is 12.2. The Labute approximate surface area is 158 Å². The van der Waals surface area contributed by atoms with Crippen molar-refractivity contribution in [2.45, 2.75) is 26.8 Å². The standard InChI is InChI=1S/C14H16Cl2F2N4O3S/c1-4-5-20(26(3,24)25)11-7-12(10(16)6-9(11)15)22-14(23)21(13(17)18)8(2)19-22/h6-7,13H,4-5H2,1-3H3. The van der Waals surface area contributed by atoms with Crippen LogP contribution in [-0.4, -0.2) is 35.6 Å². The molecule has 0 fully saturated rings. The van der Waals surface area contributed by atoms with E-state index in [1.54, 1.807) is 6.92 Å². The Morgan fingerprint density at radius 3 is 2.35 bits per heavy atom. The number of aromatic nitrogens is 3. The lowest BCUT2D eigenvalue weighted by Crippen LogP contribution is -2.31. The van der Waals surface area contributed by atoms with Crippen molar-refractivity contribution in [1.82, 2.24) is 14.3 Å². The molecule has 2 rings (SSSR count). The Kier molecular flexibility index (Phi) is 5.99. The van der Waals surface area contributed by atoms with Crippen LogP contribution in [0.4, 0.5) is 14.5 Å². The average molecular weight is 429 g/mol. The van der Waals surface area contributed by atoms with Crippen molar-refractivity contribution in [3.8, 4) is 5.69 Å². The summed E-state index contributed by atoms with van der Waals surface area (Å²) in [6.07, 6.45) is 1.51. The third-order valence-electron chi connectivity index (χ3n) is 3.52. The molecule has 1 aromatic carbocycles. The van der Waals surface area contributed by atoms with Crippen molar-refractivity contribution in [2.24, 2.45) is 0 Å². The lowest BCUT2D eigenvalue weighted by molar-refractivity contribution is 0.0640. The number of alkyl halides is 2. The zero-order valence-electron chi connectivity index (χ0n) is 14.1. The molecule has 144 valence electrons. The highest BCUT2D eigenvalue weighted by Gasteiger charge is 2.24. The molecule has 0 aliphatic heterocycles. The summed E-state index contributed by atoms with van der Waals surface area (Å²) in [6, 6.07) is 2.48. The van der Waals surface area contributed by atoms with Crippen molar-refractivity contribution >= 4 is 38.9 Å². The van der Waals surface area contributed by atoms with Gasteiger partial charge in [0.2, 0.25) is 10.0 Å². The molecule has 0 spiro atoms. The minimum Gasteiger partial charge on any atom is -0.269 e. The predicted octanol–water partition coefficient (Wildman–Crippen LogP) is 3.22. The molecule has 1 aromatic heterocycles. The normalized spacial score (nSPS) is 12.0. The molecule has 0 aliphatic carbocycles. The topological polar surface area (TPSA) is 77.2 Å². The number of benzene rings is 1. The summed E-state index contributed by atoms with van der Waals surface area (Å²) >= 11 is 12.2. The molecule has 0 saturated carbocycles. The summed E-state index contributed by atoms with van der Waals surface area (Å²) in [6.45, 7) is 0.0869. The summed E-state index contributed by atoms with van der Waals surface area (Å²) in [5.74, 6) is -0.217. The Hall–Kier alpha value is -1.65. The minimum atomic E-state index is -3.67. The summed E-state index contributed by atoms with van der Waals surface area (Å²) in [5.41, 5.74) is -1.08. The van der Waals surface area contributed by atoms with Crippen LogP contribution < -0.4 is 9.99 Å². The van der Waals surface area contributed by atoms with Crippen LogP contribution in [0.15, 0.2) is 16.9 Å². The highest BCUT2D eigenvalue weighted by molar-refractivity contribution is 7.92. The number of aryl methyl sites for hydroxylation is 1. The van der Waals surface area contributed by atoms with Crippen LogP contribution in [-0.2, 0) is 10.0 Å². The average Bonchev–Trinajstić information content (AvgIpc) is 2.79. The molecular weight excluding hydrogens is 413 g/mol. The van der Waals surface area contributed by atoms with Gasteiger partial charge in [-0.25, -0.2) is 17.8 Å². The van der Waals surface area contributed by atoms with Crippen LogP contribution in [0.3, 0.4) is 0 Å². The molecular formula is C14H16Cl2F2N4O3S. The summed E-state index contributed by atoms with van der Waals surface area (Å²) in [7, 11) is -3.67. The zero-order chi connectivity index (χ0) is 19.8. The molecule has 0 N–H and O–H groups in total. The van der Waals surface area contributed by atoms with Gasteiger partial charge >= 0.3 is 12.2 Å². The quantitative estimate of drug-likeness (QED) is 0.707. The smallest absolute Gasteiger partial charge is 0.269 e. The third-order valence-corrected chi connectivity index (χ3v) is 5.30. The summed E-state index contributed by atoms with van der Waals surface area (Å²) < 4.78 is 52.1. The molecule has 0 bridgehead atoms. The van der Waals surface area contributed by atoms with E-state index in [9.17, 15) is 22.0 Å². The fourth-order valence-electron chi connectivity index (χ4n) is 2.41. The molecule has 26 heavy (non-hydrogen) atoms. The molecule has 12 heteroatoms. The second kappa shape index (κ2) is 7.53. The lowest BCUT2D eigenvalue weighted by atomic mass is 10.2. The molecule has 0 unspecified atom stereocenters. The molecule has 1 heterocycles. The van der Waals surface area contributed by atoms with Crippen molar-refractivity contribution in [1.29, 1.82) is 0 Å². The number of halogens is 4. The first-order valence-electron chi connectivity index (χ1n) is 7.42. The van der Waals surface area contributed by atoms with Gasteiger partial charge in [0, 0.05) is 6.54 Å². The number of nitrogens with zero attached hydrogens (tertiary/aromatic N) is 4. The first kappa shape index (κ1) is 20.7. The predicted molar refractivity (Wildman–Crippen MR) is 96.3 cm³/mol. The van der Waals surface area contributed by atoms with Gasteiger partial charge in [-0.2, -0.15) is 13.5 Å². The Bertz CT molecular complexity index is 989. The van der Waals surface area contributed by atoms with E-state index in [1.165, 1.54) is 19.1 Å². The van der Waals surface area contributed by atoms with E-state index in [2.05, 4.69) is 5.10 Å².